The Morgan fingerprint density at radius 3 is 1.81 bits per heavy atom. The molecule has 72 heavy (non-hydrogen) atoms. The molecule has 12 nitrogen and oxygen atoms in total. The molecule has 2 heterocycles. The van der Waals surface area contributed by atoms with Crippen molar-refractivity contribution < 1.29 is 46.5 Å². The van der Waals surface area contributed by atoms with Crippen molar-refractivity contribution in [1.29, 1.82) is 0 Å². The van der Waals surface area contributed by atoms with Crippen molar-refractivity contribution in [2.24, 2.45) is 14.1 Å². The van der Waals surface area contributed by atoms with E-state index in [1.165, 1.54) is 38.1 Å². The molecular weight excluding hydrogens is 952 g/mol. The molecule has 0 aliphatic heterocycles. The maximum Gasteiger partial charge on any atom is 0.416 e. The summed E-state index contributed by atoms with van der Waals surface area (Å²) in [4.78, 5) is 25.7. The number of aryl methyl sites for hydroxylation is 5. The van der Waals surface area contributed by atoms with Crippen molar-refractivity contribution in [1.82, 2.24) is 19.6 Å². The molecule has 5 aromatic carbocycles. The third-order valence-corrected chi connectivity index (χ3v) is 11.9. The van der Waals surface area contributed by atoms with E-state index in [2.05, 4.69) is 15.5 Å². The van der Waals surface area contributed by atoms with Gasteiger partial charge in [-0.3, -0.25) is 9.36 Å². The maximum absolute atomic E-state index is 13.6. The fourth-order valence-electron chi connectivity index (χ4n) is 7.71. The standard InChI is InChI=1S/C31H31F4N3O3.C24H28ClN3O3/c1-19-14-22(15-20(2)28(19)41-30(3,4)29(39)40)18-38(17-21-6-12-25(32)13-7-21)27-16-26(36-37(27)5)23-8-10-24(11-9-23)31(33,34)35;1-6-30-23(29)24(3,4)31-21-12-7-17(13-16(21)2)15-26-22-14-20(27-28(22)5)18-8-10-19(25)11-9-18/h6-16H,17-18H2,1-5H3,(H,39,40);7-14,26H,6,15H2,1-5H3. The van der Waals surface area contributed by atoms with Gasteiger partial charge in [0.25, 0.3) is 0 Å². The second kappa shape index (κ2) is 22.4. The number of hydrogen-bond donors (Lipinski definition) is 2. The summed E-state index contributed by atoms with van der Waals surface area (Å²) in [6.45, 7) is 15.6. The van der Waals surface area contributed by atoms with E-state index in [4.69, 9.17) is 25.8 Å². The topological polar surface area (TPSA) is 133 Å². The highest BCUT2D eigenvalue weighted by atomic mass is 35.5. The third-order valence-electron chi connectivity index (χ3n) is 11.6. The van der Waals surface area contributed by atoms with E-state index < -0.39 is 28.9 Å². The highest BCUT2D eigenvalue weighted by Crippen LogP contribution is 2.34. The molecule has 0 saturated carbocycles. The molecule has 0 aliphatic rings. The molecular formula is C55H59ClF4N6O6. The zero-order chi connectivity index (χ0) is 52.7. The van der Waals surface area contributed by atoms with Crippen LogP contribution in [0, 0.1) is 26.6 Å². The van der Waals surface area contributed by atoms with Crippen molar-refractivity contribution in [3.63, 3.8) is 0 Å². The number of ether oxygens (including phenoxy) is 3. The molecule has 2 aromatic heterocycles. The second-order valence-electron chi connectivity index (χ2n) is 18.4. The molecule has 0 aliphatic carbocycles. The molecule has 7 rings (SSSR count). The van der Waals surface area contributed by atoms with Crippen molar-refractivity contribution >= 4 is 35.2 Å². The maximum atomic E-state index is 13.6. The predicted molar refractivity (Wildman–Crippen MR) is 272 cm³/mol. The first-order valence-electron chi connectivity index (χ1n) is 23.1. The van der Waals surface area contributed by atoms with E-state index in [0.717, 1.165) is 62.6 Å². The average molecular weight is 1010 g/mol. The highest BCUT2D eigenvalue weighted by molar-refractivity contribution is 6.30. The lowest BCUT2D eigenvalue weighted by atomic mass is 10.0. The van der Waals surface area contributed by atoms with Gasteiger partial charge in [-0.2, -0.15) is 23.4 Å². The quantitative estimate of drug-likeness (QED) is 0.0671. The number of halogens is 5. The van der Waals surface area contributed by atoms with Crippen LogP contribution in [0.1, 0.15) is 73.6 Å². The van der Waals surface area contributed by atoms with Gasteiger partial charge in [-0.15, -0.1) is 0 Å². The van der Waals surface area contributed by atoms with Crippen molar-refractivity contribution in [2.45, 2.75) is 92.4 Å². The zero-order valence-corrected chi connectivity index (χ0v) is 42.7. The van der Waals surface area contributed by atoms with Crippen molar-refractivity contribution in [3.05, 3.63) is 165 Å². The van der Waals surface area contributed by atoms with Gasteiger partial charge in [0.15, 0.2) is 11.2 Å². The molecule has 17 heteroatoms. The number of alkyl halides is 3. The van der Waals surface area contributed by atoms with Crippen LogP contribution in [0.5, 0.6) is 11.5 Å². The Balaban J connectivity index is 0.000000245. The lowest BCUT2D eigenvalue weighted by Gasteiger charge is -2.27. The predicted octanol–water partition coefficient (Wildman–Crippen LogP) is 12.7. The van der Waals surface area contributed by atoms with Gasteiger partial charge in [0.1, 0.15) is 29.0 Å². The number of nitrogens with zero attached hydrogens (tertiary/aromatic N) is 5. The third kappa shape index (κ3) is 13.7. The largest absolute Gasteiger partial charge is 0.478 e. The Hall–Kier alpha value is -7.33. The van der Waals surface area contributed by atoms with Gasteiger partial charge < -0.3 is 29.5 Å². The van der Waals surface area contributed by atoms with Gasteiger partial charge in [-0.1, -0.05) is 72.3 Å². The SMILES string of the molecule is CCOC(=O)C(C)(C)Oc1ccc(CNc2cc(-c3ccc(Cl)cc3)nn2C)cc1C.Cc1cc(CN(Cc2ccc(F)cc2)c2cc(-c3ccc(C(F)(F)F)cc3)nn2C)cc(C)c1OC(C)(C)C(=O)O. The van der Waals surface area contributed by atoms with E-state index in [-0.39, 0.29) is 11.8 Å². The van der Waals surface area contributed by atoms with E-state index in [1.807, 2.05) is 98.1 Å². The Morgan fingerprint density at radius 1 is 0.694 bits per heavy atom. The van der Waals surface area contributed by atoms with Crippen LogP contribution in [0.2, 0.25) is 5.02 Å². The molecule has 0 unspecified atom stereocenters. The number of aliphatic carboxylic acids is 1. The number of carbonyl (C=O) groups is 2. The van der Waals surface area contributed by atoms with Crippen LogP contribution in [-0.2, 0) is 54.2 Å². The Kier molecular flexibility index (Phi) is 16.8. The molecule has 0 radical (unpaired) electrons. The number of esters is 1. The van der Waals surface area contributed by atoms with Crippen LogP contribution in [0.3, 0.4) is 0 Å². The van der Waals surface area contributed by atoms with Crippen LogP contribution in [-0.4, -0.2) is 54.4 Å². The minimum Gasteiger partial charge on any atom is -0.478 e. The van der Waals surface area contributed by atoms with Gasteiger partial charge >= 0.3 is 18.1 Å². The van der Waals surface area contributed by atoms with E-state index in [9.17, 15) is 32.3 Å². The molecule has 0 spiro atoms. The van der Waals surface area contributed by atoms with Crippen LogP contribution < -0.4 is 19.7 Å². The summed E-state index contributed by atoms with van der Waals surface area (Å²) < 4.78 is 73.1. The summed E-state index contributed by atoms with van der Waals surface area (Å²) >= 11 is 5.97. The van der Waals surface area contributed by atoms with Crippen LogP contribution >= 0.6 is 11.6 Å². The first-order chi connectivity index (χ1) is 33.8. The first-order valence-corrected chi connectivity index (χ1v) is 23.4. The summed E-state index contributed by atoms with van der Waals surface area (Å²) in [5, 5.41) is 22.7. The number of carbonyl (C=O) groups excluding carboxylic acids is 1. The molecule has 0 amide bonds. The van der Waals surface area contributed by atoms with E-state index in [1.54, 1.807) is 50.7 Å². The highest BCUT2D eigenvalue weighted by Gasteiger charge is 2.33. The van der Waals surface area contributed by atoms with Gasteiger partial charge in [-0.05, 0) is 131 Å². The Labute approximate surface area is 422 Å². The summed E-state index contributed by atoms with van der Waals surface area (Å²) in [5.41, 5.74) is 5.08. The zero-order valence-electron chi connectivity index (χ0n) is 41.9. The number of hydrogen-bond acceptors (Lipinski definition) is 9. The molecule has 0 atom stereocenters. The molecule has 0 saturated heterocycles. The van der Waals surface area contributed by atoms with E-state index in [0.29, 0.717) is 59.8 Å². The Bertz CT molecular complexity index is 2980. The molecule has 0 fully saturated rings. The Morgan fingerprint density at radius 2 is 1.24 bits per heavy atom. The normalized spacial score (nSPS) is 11.7. The molecule has 2 N–H and O–H groups in total. The lowest BCUT2D eigenvalue weighted by molar-refractivity contribution is -0.158. The molecule has 380 valence electrons. The van der Waals surface area contributed by atoms with E-state index >= 15 is 0 Å². The van der Waals surface area contributed by atoms with Gasteiger partial charge in [0.2, 0.25) is 0 Å². The van der Waals surface area contributed by atoms with Crippen LogP contribution in [0.4, 0.5) is 29.2 Å². The van der Waals surface area contributed by atoms with Crippen LogP contribution in [0.25, 0.3) is 22.5 Å². The summed E-state index contributed by atoms with van der Waals surface area (Å²) in [6, 6.07) is 32.2. The smallest absolute Gasteiger partial charge is 0.416 e. The fraction of sp³-hybridized carbons (Fsp3) is 0.309. The monoisotopic (exact) mass is 1010 g/mol. The van der Waals surface area contributed by atoms with Gasteiger partial charge in [0, 0.05) is 62.0 Å². The number of nitrogens with one attached hydrogen (secondary N) is 1. The number of carboxylic acid groups (broad SMARTS) is 1. The number of anilines is 2. The van der Waals surface area contributed by atoms with Crippen LogP contribution in [0.15, 0.2) is 115 Å². The first kappa shape index (κ1) is 54.0. The fourth-order valence-corrected chi connectivity index (χ4v) is 7.83. The van der Waals surface area contributed by atoms with Gasteiger partial charge in [-0.25, -0.2) is 14.0 Å². The number of rotatable bonds is 17. The second-order valence-corrected chi connectivity index (χ2v) is 18.8. The summed E-state index contributed by atoms with van der Waals surface area (Å²) in [7, 11) is 3.66. The van der Waals surface area contributed by atoms with Gasteiger partial charge in [0.05, 0.1) is 23.6 Å². The number of benzene rings is 5. The average Bonchev–Trinajstić information content (AvgIpc) is 3.89. The van der Waals surface area contributed by atoms with Crippen molar-refractivity contribution in [2.75, 3.05) is 16.8 Å². The summed E-state index contributed by atoms with van der Waals surface area (Å²) in [6.07, 6.45) is -4.43. The summed E-state index contributed by atoms with van der Waals surface area (Å²) in [5.74, 6) is 0.956. The molecule has 7 aromatic rings. The number of aromatic nitrogens is 4. The minimum atomic E-state index is -4.43. The minimum absolute atomic E-state index is 0.322. The molecule has 0 bridgehead atoms. The lowest BCUT2D eigenvalue weighted by Crippen LogP contribution is -2.39. The number of carboxylic acids is 1. The van der Waals surface area contributed by atoms with Crippen molar-refractivity contribution in [3.8, 4) is 34.0 Å².